The molecule has 1 fully saturated rings. The predicted octanol–water partition coefficient (Wildman–Crippen LogP) is 6.69. The lowest BCUT2D eigenvalue weighted by molar-refractivity contribution is 0.0693. The molecule has 0 radical (unpaired) electrons. The van der Waals surface area contributed by atoms with E-state index < -0.39 is 14.3 Å². The van der Waals surface area contributed by atoms with Crippen LogP contribution in [0.15, 0.2) is 6.20 Å². The molecule has 4 nitrogen and oxygen atoms in total. The van der Waals surface area contributed by atoms with Crippen molar-refractivity contribution in [3.63, 3.8) is 0 Å². The van der Waals surface area contributed by atoms with Gasteiger partial charge in [-0.3, -0.25) is 4.98 Å². The molecule has 1 heterocycles. The van der Waals surface area contributed by atoms with Crippen LogP contribution in [0.3, 0.4) is 0 Å². The smallest absolute Gasteiger partial charge is 0.337 e. The van der Waals surface area contributed by atoms with Gasteiger partial charge < -0.3 is 9.53 Å². The van der Waals surface area contributed by atoms with Gasteiger partial charge in [0.05, 0.1) is 11.3 Å². The molecule has 164 valence electrons. The van der Waals surface area contributed by atoms with Crippen molar-refractivity contribution < 1.29 is 14.3 Å². The lowest BCUT2D eigenvalue weighted by atomic mass is 9.81. The first-order chi connectivity index (χ1) is 13.3. The van der Waals surface area contributed by atoms with Crippen LogP contribution < -0.4 is 0 Å². The summed E-state index contributed by atoms with van der Waals surface area (Å²) in [6.07, 6.45) is 7.93. The SMILES string of the molecule is CC(C)(C)c1cnc(C2CC2)c(C(=O)O)c1CCCCCO[Si](C)(C)C(C)(C)C. The molecule has 0 aliphatic heterocycles. The van der Waals surface area contributed by atoms with E-state index in [0.717, 1.165) is 62.0 Å². The first-order valence-electron chi connectivity index (χ1n) is 11.1. The normalized spacial score (nSPS) is 15.6. The fraction of sp³-hybridized carbons (Fsp3) is 0.750. The Labute approximate surface area is 178 Å². The quantitative estimate of drug-likeness (QED) is 0.358. The summed E-state index contributed by atoms with van der Waals surface area (Å²) in [5, 5.41) is 10.2. The monoisotopic (exact) mass is 419 g/mol. The second kappa shape index (κ2) is 8.89. The van der Waals surface area contributed by atoms with Gasteiger partial charge in [-0.05, 0) is 66.8 Å². The van der Waals surface area contributed by atoms with E-state index in [1.165, 1.54) is 0 Å². The van der Waals surface area contributed by atoms with Gasteiger partial charge in [-0.25, -0.2) is 4.79 Å². The number of hydrogen-bond donors (Lipinski definition) is 1. The molecule has 5 heteroatoms. The van der Waals surface area contributed by atoms with Crippen LogP contribution in [0.25, 0.3) is 0 Å². The van der Waals surface area contributed by atoms with E-state index in [1.54, 1.807) is 0 Å². The number of rotatable bonds is 9. The summed E-state index contributed by atoms with van der Waals surface area (Å²) in [5.74, 6) is -0.478. The van der Waals surface area contributed by atoms with Crippen LogP contribution in [-0.4, -0.2) is 31.0 Å². The Kier molecular flexibility index (Phi) is 7.38. The molecule has 0 saturated heterocycles. The maximum atomic E-state index is 12.1. The third kappa shape index (κ3) is 6.14. The molecule has 2 rings (SSSR count). The highest BCUT2D eigenvalue weighted by Gasteiger charge is 2.37. The highest BCUT2D eigenvalue weighted by Crippen LogP contribution is 2.43. The molecule has 29 heavy (non-hydrogen) atoms. The molecule has 0 bridgehead atoms. The third-order valence-corrected chi connectivity index (χ3v) is 11.1. The van der Waals surface area contributed by atoms with Gasteiger partial charge in [0.15, 0.2) is 8.32 Å². The molecule has 1 N–H and O–H groups in total. The Balaban J connectivity index is 2.06. The molecule has 0 atom stereocenters. The fourth-order valence-corrected chi connectivity index (χ4v) is 4.59. The maximum absolute atomic E-state index is 12.1. The van der Waals surface area contributed by atoms with Crippen molar-refractivity contribution in [3.8, 4) is 0 Å². The number of carboxylic acids is 1. The molecule has 0 aromatic carbocycles. The van der Waals surface area contributed by atoms with E-state index in [-0.39, 0.29) is 10.5 Å². The third-order valence-electron chi connectivity index (χ3n) is 6.54. The van der Waals surface area contributed by atoms with Crippen molar-refractivity contribution in [1.82, 2.24) is 4.98 Å². The van der Waals surface area contributed by atoms with Gasteiger partial charge in [0.1, 0.15) is 0 Å². The van der Waals surface area contributed by atoms with Crippen LogP contribution >= 0.6 is 0 Å². The average Bonchev–Trinajstić information content (AvgIpc) is 3.39. The summed E-state index contributed by atoms with van der Waals surface area (Å²) < 4.78 is 6.28. The van der Waals surface area contributed by atoms with Gasteiger partial charge in [0.2, 0.25) is 0 Å². The van der Waals surface area contributed by atoms with Crippen molar-refractivity contribution in [2.75, 3.05) is 6.61 Å². The van der Waals surface area contributed by atoms with Crippen LogP contribution in [0.2, 0.25) is 18.1 Å². The van der Waals surface area contributed by atoms with Gasteiger partial charge in [0.25, 0.3) is 0 Å². The number of aromatic nitrogens is 1. The Morgan fingerprint density at radius 1 is 1.14 bits per heavy atom. The van der Waals surface area contributed by atoms with Gasteiger partial charge in [0, 0.05) is 18.7 Å². The summed E-state index contributed by atoms with van der Waals surface area (Å²) >= 11 is 0. The zero-order valence-electron chi connectivity index (χ0n) is 19.8. The highest BCUT2D eigenvalue weighted by atomic mass is 28.4. The van der Waals surface area contributed by atoms with E-state index in [9.17, 15) is 9.90 Å². The summed E-state index contributed by atoms with van der Waals surface area (Å²) in [7, 11) is -1.69. The largest absolute Gasteiger partial charge is 0.478 e. The number of unbranched alkanes of at least 4 members (excludes halogenated alkanes) is 2. The number of pyridine rings is 1. The highest BCUT2D eigenvalue weighted by molar-refractivity contribution is 6.74. The number of nitrogens with zero attached hydrogens (tertiary/aromatic N) is 1. The standard InChI is InChI=1S/C24H41NO3Si/c1-23(2,3)19-16-25-21(17-13-14-17)20(22(26)27)18(19)12-10-9-11-15-28-29(7,8)24(4,5)6/h16-17H,9-15H2,1-8H3,(H,26,27). The first-order valence-corrected chi connectivity index (χ1v) is 14.1. The Morgan fingerprint density at radius 3 is 2.24 bits per heavy atom. The summed E-state index contributed by atoms with van der Waals surface area (Å²) in [4.78, 5) is 16.7. The Hall–Kier alpha value is -1.20. The van der Waals surface area contributed by atoms with Gasteiger partial charge in [-0.1, -0.05) is 48.0 Å². The van der Waals surface area contributed by atoms with Crippen LogP contribution in [0.1, 0.15) is 107 Å². The summed E-state index contributed by atoms with van der Waals surface area (Å²) in [5.41, 5.74) is 3.27. The second-order valence-electron chi connectivity index (χ2n) is 11.2. The van der Waals surface area contributed by atoms with Crippen molar-refractivity contribution in [1.29, 1.82) is 0 Å². The van der Waals surface area contributed by atoms with Crippen molar-refractivity contribution in [2.24, 2.45) is 0 Å². The topological polar surface area (TPSA) is 59.4 Å². The Morgan fingerprint density at radius 2 is 1.76 bits per heavy atom. The molecule has 1 aromatic rings. The Bertz CT molecular complexity index is 725. The molecule has 0 unspecified atom stereocenters. The number of aromatic carboxylic acids is 1. The zero-order chi connectivity index (χ0) is 22.0. The molecule has 0 spiro atoms. The van der Waals surface area contributed by atoms with Gasteiger partial charge in [-0.15, -0.1) is 0 Å². The lowest BCUT2D eigenvalue weighted by Crippen LogP contribution is -2.40. The van der Waals surface area contributed by atoms with Crippen LogP contribution in [0.4, 0.5) is 0 Å². The molecular formula is C24H41NO3Si. The van der Waals surface area contributed by atoms with Crippen LogP contribution in [0.5, 0.6) is 0 Å². The zero-order valence-corrected chi connectivity index (χ0v) is 20.8. The number of hydrogen-bond acceptors (Lipinski definition) is 3. The minimum absolute atomic E-state index is 0.111. The molecule has 1 aromatic heterocycles. The van der Waals surface area contributed by atoms with Crippen molar-refractivity contribution in [2.45, 2.75) is 110 Å². The molecule has 1 saturated carbocycles. The average molecular weight is 420 g/mol. The van der Waals surface area contributed by atoms with E-state index >= 15 is 0 Å². The lowest BCUT2D eigenvalue weighted by Gasteiger charge is -2.36. The van der Waals surface area contributed by atoms with E-state index in [0.29, 0.717) is 11.5 Å². The van der Waals surface area contributed by atoms with Gasteiger partial charge in [-0.2, -0.15) is 0 Å². The number of carbonyl (C=O) groups is 1. The number of carboxylic acid groups (broad SMARTS) is 1. The van der Waals surface area contributed by atoms with E-state index in [2.05, 4.69) is 59.6 Å². The predicted molar refractivity (Wildman–Crippen MR) is 123 cm³/mol. The van der Waals surface area contributed by atoms with Gasteiger partial charge >= 0.3 is 5.97 Å². The van der Waals surface area contributed by atoms with Crippen LogP contribution in [-0.2, 0) is 16.3 Å². The van der Waals surface area contributed by atoms with E-state index in [1.807, 2.05) is 6.20 Å². The fourth-order valence-electron chi connectivity index (χ4n) is 3.50. The van der Waals surface area contributed by atoms with E-state index in [4.69, 9.17) is 4.43 Å². The van der Waals surface area contributed by atoms with Crippen LogP contribution in [0, 0.1) is 0 Å². The first kappa shape index (κ1) is 24.1. The van der Waals surface area contributed by atoms with Crippen molar-refractivity contribution >= 4 is 14.3 Å². The second-order valence-corrected chi connectivity index (χ2v) is 16.0. The molecular weight excluding hydrogens is 378 g/mol. The molecule has 1 aliphatic rings. The van der Waals surface area contributed by atoms with Crippen molar-refractivity contribution in [3.05, 3.63) is 28.6 Å². The maximum Gasteiger partial charge on any atom is 0.337 e. The summed E-state index contributed by atoms with van der Waals surface area (Å²) in [6.45, 7) is 18.6. The minimum Gasteiger partial charge on any atom is -0.478 e. The minimum atomic E-state index is -1.69. The summed E-state index contributed by atoms with van der Waals surface area (Å²) in [6, 6.07) is 0. The molecule has 0 amide bonds. The molecule has 1 aliphatic carbocycles.